The van der Waals surface area contributed by atoms with Gasteiger partial charge in [0, 0.05) is 35.6 Å². The van der Waals surface area contributed by atoms with E-state index in [9.17, 15) is 20.1 Å². The van der Waals surface area contributed by atoms with Crippen molar-refractivity contribution in [2.24, 2.45) is 11.5 Å². The van der Waals surface area contributed by atoms with Gasteiger partial charge in [0.25, 0.3) is 0 Å². The van der Waals surface area contributed by atoms with Gasteiger partial charge < -0.3 is 38.3 Å². The van der Waals surface area contributed by atoms with Crippen molar-refractivity contribution in [1.82, 2.24) is 0 Å². The van der Waals surface area contributed by atoms with Crippen LogP contribution in [0.1, 0.15) is 17.0 Å². The van der Waals surface area contributed by atoms with Gasteiger partial charge in [-0.25, -0.2) is 0 Å². The number of carboxylic acids is 1. The average Bonchev–Trinajstić information content (AvgIpc) is 2.54. The molecular weight excluding hydrogens is 312 g/mol. The Balaban J connectivity index is 0.000000648. The molecule has 8 nitrogen and oxygen atoms in total. The molecule has 8 heteroatoms. The fourth-order valence-corrected chi connectivity index (χ4v) is 2.04. The van der Waals surface area contributed by atoms with Crippen molar-refractivity contribution in [3.63, 3.8) is 0 Å². The van der Waals surface area contributed by atoms with E-state index in [2.05, 4.69) is 0 Å². The highest BCUT2D eigenvalue weighted by molar-refractivity contribution is 5.83. The maximum atomic E-state index is 11.5. The third kappa shape index (κ3) is 4.77. The summed E-state index contributed by atoms with van der Waals surface area (Å²) in [5.74, 6) is -2.92. The van der Waals surface area contributed by atoms with Crippen LogP contribution in [0.5, 0.6) is 11.5 Å². The molecule has 0 aliphatic rings. The zero-order chi connectivity index (χ0) is 18.3. The highest BCUT2D eigenvalue weighted by Crippen LogP contribution is 2.37. The minimum atomic E-state index is -1.26. The molecule has 2 aromatic carbocycles. The summed E-state index contributed by atoms with van der Waals surface area (Å²) in [6.07, 6.45) is 0. The van der Waals surface area contributed by atoms with Crippen LogP contribution in [0.2, 0.25) is 0 Å². The Morgan fingerprint density at radius 2 is 1.25 bits per heavy atom. The van der Waals surface area contributed by atoms with Gasteiger partial charge in [0.1, 0.15) is 17.4 Å². The Hall–Kier alpha value is -2.97. The molecule has 0 unspecified atom stereocenters. The number of carboxylic acid groups (broad SMARTS) is 1. The van der Waals surface area contributed by atoms with Crippen molar-refractivity contribution < 1.29 is 20.1 Å². The molecule has 24 heavy (non-hydrogen) atoms. The van der Waals surface area contributed by atoms with E-state index in [0.717, 1.165) is 0 Å². The second-order valence-corrected chi connectivity index (χ2v) is 4.99. The first-order valence-electron chi connectivity index (χ1n) is 7.11. The van der Waals surface area contributed by atoms with Crippen LogP contribution < -0.4 is 22.9 Å². The molecule has 2 rings (SSSR count). The molecule has 0 heterocycles. The molecule has 0 aliphatic heterocycles. The van der Waals surface area contributed by atoms with Gasteiger partial charge >= 0.3 is 5.97 Å². The maximum Gasteiger partial charge on any atom is 0.315 e. The fraction of sp³-hybridized carbons (Fsp3) is 0.188. The van der Waals surface area contributed by atoms with E-state index in [0.29, 0.717) is 24.5 Å². The number of nitrogen functional groups attached to an aromatic ring is 2. The summed E-state index contributed by atoms with van der Waals surface area (Å²) in [4.78, 5) is 11.5. The minimum Gasteiger partial charge on any atom is -0.508 e. The lowest BCUT2D eigenvalue weighted by atomic mass is 9.89. The number of hydrogen-bond acceptors (Lipinski definition) is 7. The van der Waals surface area contributed by atoms with E-state index < -0.39 is 11.9 Å². The van der Waals surface area contributed by atoms with E-state index in [1.807, 2.05) is 0 Å². The zero-order valence-electron chi connectivity index (χ0n) is 13.0. The summed E-state index contributed by atoms with van der Waals surface area (Å²) in [6.45, 7) is 1.19. The van der Waals surface area contributed by atoms with Crippen LogP contribution in [0.3, 0.4) is 0 Å². The molecule has 0 amide bonds. The first-order chi connectivity index (χ1) is 11.3. The van der Waals surface area contributed by atoms with Crippen molar-refractivity contribution in [1.29, 1.82) is 0 Å². The molecule has 0 atom stereocenters. The molecule has 0 saturated carbocycles. The maximum absolute atomic E-state index is 11.5. The number of carbonyl (C=O) groups is 1. The lowest BCUT2D eigenvalue weighted by Gasteiger charge is -2.17. The molecule has 2 aromatic rings. The molecule has 11 N–H and O–H groups in total. The first kappa shape index (κ1) is 19.1. The number of aliphatic carboxylic acids is 1. The first-order valence-corrected chi connectivity index (χ1v) is 7.11. The quantitative estimate of drug-likeness (QED) is 0.309. The molecule has 0 fully saturated rings. The Morgan fingerprint density at radius 1 is 0.875 bits per heavy atom. The van der Waals surface area contributed by atoms with Crippen LogP contribution in [0, 0.1) is 0 Å². The van der Waals surface area contributed by atoms with Gasteiger partial charge in [0.2, 0.25) is 0 Å². The predicted molar refractivity (Wildman–Crippen MR) is 92.6 cm³/mol. The molecule has 0 aliphatic carbocycles. The number of phenolic OH excluding ortho intramolecular Hbond substituents is 2. The molecule has 130 valence electrons. The van der Waals surface area contributed by atoms with Crippen molar-refractivity contribution in [3.8, 4) is 11.5 Å². The average molecular weight is 334 g/mol. The molecule has 0 radical (unpaired) electrons. The molecule has 0 aromatic heterocycles. The number of benzene rings is 2. The standard InChI is InChI=1S/C14H14N2O4.C2H8N2/c15-7-1-3-11(17)9(5-7)13(14(19)20)10-6-8(16)2-4-12(10)18;3-1-2-4/h1-6,13,17-18H,15-16H2,(H,19,20);1-4H2. The van der Waals surface area contributed by atoms with E-state index >= 15 is 0 Å². The lowest BCUT2D eigenvalue weighted by Crippen LogP contribution is -2.14. The van der Waals surface area contributed by atoms with Crippen molar-refractivity contribution in [2.45, 2.75) is 5.92 Å². The SMILES string of the molecule is NCCN.Nc1ccc(O)c(C(C(=O)O)c2cc(N)ccc2O)c1. The number of rotatable bonds is 4. The van der Waals surface area contributed by atoms with Crippen LogP contribution in [-0.2, 0) is 4.79 Å². The van der Waals surface area contributed by atoms with E-state index in [1.165, 1.54) is 36.4 Å². The number of aromatic hydroxyl groups is 2. The van der Waals surface area contributed by atoms with Crippen molar-refractivity contribution >= 4 is 17.3 Å². The summed E-state index contributed by atoms with van der Waals surface area (Å²) in [6, 6.07) is 8.25. The molecule has 0 bridgehead atoms. The Morgan fingerprint density at radius 3 is 1.54 bits per heavy atom. The monoisotopic (exact) mass is 334 g/mol. The van der Waals surface area contributed by atoms with Gasteiger partial charge in [-0.15, -0.1) is 0 Å². The van der Waals surface area contributed by atoms with E-state index in [4.69, 9.17) is 22.9 Å². The number of hydrogen-bond donors (Lipinski definition) is 7. The van der Waals surface area contributed by atoms with Crippen LogP contribution in [0.15, 0.2) is 36.4 Å². The van der Waals surface area contributed by atoms with Gasteiger partial charge in [0.15, 0.2) is 0 Å². The Labute approximate surface area is 139 Å². The predicted octanol–water partition coefficient (Wildman–Crippen LogP) is 0.383. The third-order valence-corrected chi connectivity index (χ3v) is 3.14. The van der Waals surface area contributed by atoms with Gasteiger partial charge in [-0.05, 0) is 36.4 Å². The van der Waals surface area contributed by atoms with E-state index in [1.54, 1.807) is 0 Å². The highest BCUT2D eigenvalue weighted by atomic mass is 16.4. The van der Waals surface area contributed by atoms with E-state index in [-0.39, 0.29) is 22.6 Å². The normalized spacial score (nSPS) is 10.1. The summed E-state index contributed by atoms with van der Waals surface area (Å²) in [7, 11) is 0. The summed E-state index contributed by atoms with van der Waals surface area (Å²) < 4.78 is 0. The van der Waals surface area contributed by atoms with Crippen molar-refractivity contribution in [2.75, 3.05) is 24.6 Å². The Bertz CT molecular complexity index is 653. The summed E-state index contributed by atoms with van der Waals surface area (Å²) >= 11 is 0. The van der Waals surface area contributed by atoms with Gasteiger partial charge in [-0.1, -0.05) is 0 Å². The summed E-state index contributed by atoms with van der Waals surface area (Å²) in [5.41, 5.74) is 21.9. The van der Waals surface area contributed by atoms with Gasteiger partial charge in [-0.3, -0.25) is 4.79 Å². The fourth-order valence-electron chi connectivity index (χ4n) is 2.04. The Kier molecular flexibility index (Phi) is 6.84. The highest BCUT2D eigenvalue weighted by Gasteiger charge is 2.28. The zero-order valence-corrected chi connectivity index (χ0v) is 13.0. The lowest BCUT2D eigenvalue weighted by molar-refractivity contribution is -0.137. The van der Waals surface area contributed by atoms with Crippen molar-refractivity contribution in [3.05, 3.63) is 47.5 Å². The second kappa shape index (κ2) is 8.61. The topological polar surface area (TPSA) is 182 Å². The number of nitrogens with two attached hydrogens (primary N) is 4. The second-order valence-electron chi connectivity index (χ2n) is 4.99. The number of anilines is 2. The third-order valence-electron chi connectivity index (χ3n) is 3.14. The van der Waals surface area contributed by atoms with Gasteiger partial charge in [0.05, 0.1) is 0 Å². The van der Waals surface area contributed by atoms with Crippen LogP contribution in [0.25, 0.3) is 0 Å². The smallest absolute Gasteiger partial charge is 0.315 e. The molecular formula is C16H22N4O4. The minimum absolute atomic E-state index is 0.0957. The van der Waals surface area contributed by atoms with Gasteiger partial charge in [-0.2, -0.15) is 0 Å². The van der Waals surface area contributed by atoms with Crippen LogP contribution in [0.4, 0.5) is 11.4 Å². The van der Waals surface area contributed by atoms with Crippen LogP contribution >= 0.6 is 0 Å². The van der Waals surface area contributed by atoms with Crippen LogP contribution in [-0.4, -0.2) is 34.4 Å². The largest absolute Gasteiger partial charge is 0.508 e. The molecule has 0 saturated heterocycles. The summed E-state index contributed by atoms with van der Waals surface area (Å²) in [5, 5.41) is 29.1. The molecule has 0 spiro atoms. The number of phenols is 2.